The average molecular weight is 311 g/mol. The molecule has 0 radical (unpaired) electrons. The summed E-state index contributed by atoms with van der Waals surface area (Å²) in [5.74, 6) is -0.998. The molecule has 126 valence electrons. The molecule has 2 heterocycles. The highest BCUT2D eigenvalue weighted by atomic mass is 16.5. The second-order valence-corrected chi connectivity index (χ2v) is 6.77. The van der Waals surface area contributed by atoms with Crippen LogP contribution in [0.25, 0.3) is 0 Å². The minimum Gasteiger partial charge on any atom is -0.481 e. The minimum atomic E-state index is -0.775. The number of rotatable bonds is 6. The van der Waals surface area contributed by atoms with Gasteiger partial charge in [-0.3, -0.25) is 9.59 Å². The van der Waals surface area contributed by atoms with E-state index < -0.39 is 11.9 Å². The van der Waals surface area contributed by atoms with Crippen molar-refractivity contribution in [3.8, 4) is 0 Å². The number of amides is 1. The molecule has 5 heteroatoms. The Morgan fingerprint density at radius 1 is 1.32 bits per heavy atom. The number of carbonyl (C=O) groups is 2. The Kier molecular flexibility index (Phi) is 5.84. The van der Waals surface area contributed by atoms with E-state index in [0.29, 0.717) is 26.2 Å². The van der Waals surface area contributed by atoms with Gasteiger partial charge in [0.15, 0.2) is 0 Å². The van der Waals surface area contributed by atoms with Crippen molar-refractivity contribution in [2.24, 2.45) is 11.8 Å². The van der Waals surface area contributed by atoms with E-state index in [2.05, 4.69) is 13.8 Å². The quantitative estimate of drug-likeness (QED) is 0.819. The van der Waals surface area contributed by atoms with Crippen molar-refractivity contribution in [2.45, 2.75) is 64.3 Å². The van der Waals surface area contributed by atoms with Gasteiger partial charge < -0.3 is 14.7 Å². The Balaban J connectivity index is 2.17. The molecule has 2 atom stereocenters. The molecule has 0 aromatic carbocycles. The molecule has 2 unspecified atom stereocenters. The van der Waals surface area contributed by atoms with Gasteiger partial charge in [0.2, 0.25) is 5.91 Å². The van der Waals surface area contributed by atoms with Gasteiger partial charge >= 0.3 is 5.97 Å². The van der Waals surface area contributed by atoms with E-state index in [1.165, 1.54) is 0 Å². The monoisotopic (exact) mass is 311 g/mol. The summed E-state index contributed by atoms with van der Waals surface area (Å²) < 4.78 is 5.45. The lowest BCUT2D eigenvalue weighted by atomic mass is 9.84. The summed E-state index contributed by atoms with van der Waals surface area (Å²) in [6.45, 7) is 5.81. The van der Waals surface area contributed by atoms with Crippen LogP contribution in [-0.2, 0) is 14.3 Å². The number of hydrogen-bond donors (Lipinski definition) is 1. The van der Waals surface area contributed by atoms with Gasteiger partial charge in [0.05, 0.1) is 5.92 Å². The van der Waals surface area contributed by atoms with Crippen molar-refractivity contribution in [3.63, 3.8) is 0 Å². The van der Waals surface area contributed by atoms with Gasteiger partial charge in [-0.1, -0.05) is 26.7 Å². The summed E-state index contributed by atoms with van der Waals surface area (Å²) in [5.41, 5.74) is -0.280. The average Bonchev–Trinajstić information content (AvgIpc) is 2.87. The van der Waals surface area contributed by atoms with Gasteiger partial charge in [0.1, 0.15) is 0 Å². The molecule has 1 spiro atoms. The highest BCUT2D eigenvalue weighted by molar-refractivity contribution is 5.82. The fourth-order valence-electron chi connectivity index (χ4n) is 3.94. The predicted molar refractivity (Wildman–Crippen MR) is 83.5 cm³/mol. The second-order valence-electron chi connectivity index (χ2n) is 6.77. The maximum atomic E-state index is 13.0. The summed E-state index contributed by atoms with van der Waals surface area (Å²) >= 11 is 0. The molecule has 22 heavy (non-hydrogen) atoms. The van der Waals surface area contributed by atoms with E-state index in [-0.39, 0.29) is 17.4 Å². The number of nitrogens with zero attached hydrogens (tertiary/aromatic N) is 1. The number of carboxylic acids is 1. The van der Waals surface area contributed by atoms with Crippen LogP contribution in [0.15, 0.2) is 0 Å². The predicted octanol–water partition coefficient (Wildman–Crippen LogP) is 2.69. The third-order valence-corrected chi connectivity index (χ3v) is 5.39. The molecule has 1 N–H and O–H groups in total. The van der Waals surface area contributed by atoms with E-state index in [1.54, 1.807) is 0 Å². The van der Waals surface area contributed by atoms with Gasteiger partial charge in [0, 0.05) is 31.2 Å². The van der Waals surface area contributed by atoms with E-state index in [4.69, 9.17) is 4.74 Å². The van der Waals surface area contributed by atoms with Crippen LogP contribution >= 0.6 is 0 Å². The van der Waals surface area contributed by atoms with Crippen LogP contribution in [0.2, 0.25) is 0 Å². The van der Waals surface area contributed by atoms with Crippen LogP contribution in [0.1, 0.15) is 58.8 Å². The van der Waals surface area contributed by atoms with Crippen molar-refractivity contribution >= 4 is 11.9 Å². The summed E-state index contributed by atoms with van der Waals surface area (Å²) in [5, 5.41) is 9.39. The minimum absolute atomic E-state index is 0.0345. The second kappa shape index (κ2) is 7.44. The summed E-state index contributed by atoms with van der Waals surface area (Å²) in [7, 11) is 0. The Bertz CT molecular complexity index is 403. The number of ether oxygens (including phenoxy) is 1. The van der Waals surface area contributed by atoms with Gasteiger partial charge in [-0.2, -0.15) is 0 Å². The maximum absolute atomic E-state index is 13.0. The van der Waals surface area contributed by atoms with E-state index >= 15 is 0 Å². The van der Waals surface area contributed by atoms with Gasteiger partial charge in [-0.15, -0.1) is 0 Å². The Hall–Kier alpha value is -1.10. The van der Waals surface area contributed by atoms with Crippen LogP contribution in [-0.4, -0.2) is 47.2 Å². The Morgan fingerprint density at radius 2 is 2.00 bits per heavy atom. The molecule has 2 rings (SSSR count). The smallest absolute Gasteiger partial charge is 0.308 e. The molecule has 0 aromatic rings. The largest absolute Gasteiger partial charge is 0.481 e. The Labute approximate surface area is 133 Å². The lowest BCUT2D eigenvalue weighted by Gasteiger charge is -2.42. The number of unbranched alkanes of at least 4 members (excludes halogenated alkanes) is 1. The lowest BCUT2D eigenvalue weighted by molar-refractivity contribution is -0.143. The van der Waals surface area contributed by atoms with Crippen LogP contribution in [0, 0.1) is 11.8 Å². The molecule has 0 saturated carbocycles. The number of hydrogen-bond acceptors (Lipinski definition) is 3. The zero-order valence-corrected chi connectivity index (χ0v) is 13.8. The molecule has 0 aromatic heterocycles. The first-order valence-corrected chi connectivity index (χ1v) is 8.66. The first-order chi connectivity index (χ1) is 10.5. The number of carboxylic acid groups (broad SMARTS) is 1. The number of aliphatic carboxylic acids is 1. The standard InChI is InChI=1S/C17H29NO4/c1-3-5-6-13(4-2)15(19)18-12-14(16(20)21)11-17(18)7-9-22-10-8-17/h13-14H,3-12H2,1-2H3,(H,20,21). The fourth-order valence-corrected chi connectivity index (χ4v) is 3.94. The highest BCUT2D eigenvalue weighted by Crippen LogP contribution is 2.42. The van der Waals surface area contributed by atoms with Crippen LogP contribution in [0.3, 0.4) is 0 Å². The van der Waals surface area contributed by atoms with E-state index in [0.717, 1.165) is 38.5 Å². The van der Waals surface area contributed by atoms with Crippen molar-refractivity contribution in [2.75, 3.05) is 19.8 Å². The fraction of sp³-hybridized carbons (Fsp3) is 0.882. The van der Waals surface area contributed by atoms with Crippen molar-refractivity contribution in [1.82, 2.24) is 4.90 Å². The molecular weight excluding hydrogens is 282 g/mol. The molecule has 1 amide bonds. The van der Waals surface area contributed by atoms with Gasteiger partial charge in [-0.25, -0.2) is 0 Å². The van der Waals surface area contributed by atoms with Crippen LogP contribution in [0.4, 0.5) is 0 Å². The van der Waals surface area contributed by atoms with E-state index in [9.17, 15) is 14.7 Å². The van der Waals surface area contributed by atoms with Gasteiger partial charge in [0.25, 0.3) is 0 Å². The van der Waals surface area contributed by atoms with E-state index in [1.807, 2.05) is 4.90 Å². The van der Waals surface area contributed by atoms with Crippen LogP contribution < -0.4 is 0 Å². The van der Waals surface area contributed by atoms with Gasteiger partial charge in [-0.05, 0) is 32.1 Å². The molecule has 2 fully saturated rings. The Morgan fingerprint density at radius 3 is 2.55 bits per heavy atom. The zero-order chi connectivity index (χ0) is 16.2. The molecule has 5 nitrogen and oxygen atoms in total. The van der Waals surface area contributed by atoms with Crippen LogP contribution in [0.5, 0.6) is 0 Å². The van der Waals surface area contributed by atoms with Crippen molar-refractivity contribution in [3.05, 3.63) is 0 Å². The summed E-state index contributed by atoms with van der Waals surface area (Å²) in [4.78, 5) is 26.4. The molecule has 2 aliphatic heterocycles. The lowest BCUT2D eigenvalue weighted by Crippen LogP contribution is -2.52. The molecular formula is C17H29NO4. The third-order valence-electron chi connectivity index (χ3n) is 5.39. The molecule has 2 saturated heterocycles. The normalized spacial score (nSPS) is 25.4. The third kappa shape index (κ3) is 3.45. The maximum Gasteiger partial charge on any atom is 0.308 e. The number of carbonyl (C=O) groups excluding carboxylic acids is 1. The highest BCUT2D eigenvalue weighted by Gasteiger charge is 2.51. The van der Waals surface area contributed by atoms with Crippen molar-refractivity contribution in [1.29, 1.82) is 0 Å². The first-order valence-electron chi connectivity index (χ1n) is 8.66. The zero-order valence-electron chi connectivity index (χ0n) is 13.8. The topological polar surface area (TPSA) is 66.8 Å². The first kappa shape index (κ1) is 17.3. The molecule has 0 bridgehead atoms. The summed E-state index contributed by atoms with van der Waals surface area (Å²) in [6.07, 6.45) is 6.00. The number of likely N-dealkylation sites (tertiary alicyclic amines) is 1. The SMILES string of the molecule is CCCCC(CC)C(=O)N1CC(C(=O)O)CC12CCOCC2. The molecule has 2 aliphatic rings. The summed E-state index contributed by atoms with van der Waals surface area (Å²) in [6, 6.07) is 0. The molecule has 0 aliphatic carbocycles. The van der Waals surface area contributed by atoms with Crippen molar-refractivity contribution < 1.29 is 19.4 Å².